The Hall–Kier alpha value is -1.01. The van der Waals surface area contributed by atoms with Gasteiger partial charge in [-0.15, -0.1) is 24.8 Å². The maximum atomic E-state index is 12.4. The molecule has 0 spiro atoms. The molecule has 2 aliphatic rings. The van der Waals surface area contributed by atoms with E-state index in [4.69, 9.17) is 4.74 Å². The summed E-state index contributed by atoms with van der Waals surface area (Å²) in [6, 6.07) is 9.94. The highest BCUT2D eigenvalue weighted by Gasteiger charge is 2.22. The van der Waals surface area contributed by atoms with E-state index in [-0.39, 0.29) is 24.8 Å². The molecule has 2 fully saturated rings. The molecule has 2 aliphatic heterocycles. The third kappa shape index (κ3) is 8.26. The van der Waals surface area contributed by atoms with Gasteiger partial charge in [-0.25, -0.2) is 0 Å². The largest absolute Gasteiger partial charge is 0.492 e. The van der Waals surface area contributed by atoms with E-state index in [0.717, 1.165) is 70.3 Å². The number of rotatable bonds is 7. The van der Waals surface area contributed by atoms with Crippen LogP contribution in [0.2, 0.25) is 0 Å². The lowest BCUT2D eigenvalue weighted by Gasteiger charge is -2.35. The first-order valence-electron chi connectivity index (χ1n) is 9.70. The fourth-order valence-corrected chi connectivity index (χ4v) is 3.69. The SMILES string of the molecule is Cl.Cl.O=C(CCC1CCNCC1)N1CCN(CCOc2ccccc2)CC1. The summed E-state index contributed by atoms with van der Waals surface area (Å²) in [6.07, 6.45) is 4.23. The average Bonchev–Trinajstić information content (AvgIpc) is 2.68. The maximum absolute atomic E-state index is 12.4. The molecule has 27 heavy (non-hydrogen) atoms. The van der Waals surface area contributed by atoms with Crippen molar-refractivity contribution in [1.29, 1.82) is 0 Å². The summed E-state index contributed by atoms with van der Waals surface area (Å²) < 4.78 is 5.76. The fourth-order valence-electron chi connectivity index (χ4n) is 3.69. The summed E-state index contributed by atoms with van der Waals surface area (Å²) in [5.74, 6) is 2.01. The zero-order valence-electron chi connectivity index (χ0n) is 16.0. The molecule has 1 N–H and O–H groups in total. The number of piperazine rings is 1. The molecule has 0 unspecified atom stereocenters. The Bertz CT molecular complexity index is 519. The Morgan fingerprint density at radius 3 is 2.37 bits per heavy atom. The minimum atomic E-state index is 0. The zero-order chi connectivity index (χ0) is 17.3. The molecule has 3 rings (SSSR count). The monoisotopic (exact) mass is 417 g/mol. The van der Waals surface area contributed by atoms with Gasteiger partial charge in [-0.3, -0.25) is 9.69 Å². The van der Waals surface area contributed by atoms with Crippen LogP contribution in [0.4, 0.5) is 0 Å². The lowest BCUT2D eigenvalue weighted by Crippen LogP contribution is -2.49. The molecular formula is C20H33Cl2N3O2. The summed E-state index contributed by atoms with van der Waals surface area (Å²) in [4.78, 5) is 16.9. The molecule has 0 aromatic heterocycles. The first-order valence-corrected chi connectivity index (χ1v) is 9.70. The number of hydrogen-bond acceptors (Lipinski definition) is 4. The van der Waals surface area contributed by atoms with Crippen LogP contribution in [-0.2, 0) is 4.79 Å². The van der Waals surface area contributed by atoms with E-state index in [2.05, 4.69) is 15.1 Å². The quantitative estimate of drug-likeness (QED) is 0.740. The van der Waals surface area contributed by atoms with E-state index in [1.54, 1.807) is 0 Å². The van der Waals surface area contributed by atoms with Crippen molar-refractivity contribution in [1.82, 2.24) is 15.1 Å². The summed E-state index contributed by atoms with van der Waals surface area (Å²) in [6.45, 7) is 7.48. The van der Waals surface area contributed by atoms with Crippen LogP contribution >= 0.6 is 24.8 Å². The number of halogens is 2. The van der Waals surface area contributed by atoms with Crippen LogP contribution in [0.15, 0.2) is 30.3 Å². The molecule has 1 amide bonds. The van der Waals surface area contributed by atoms with Gasteiger partial charge in [-0.2, -0.15) is 0 Å². The highest BCUT2D eigenvalue weighted by atomic mass is 35.5. The van der Waals surface area contributed by atoms with Crippen molar-refractivity contribution < 1.29 is 9.53 Å². The Balaban J connectivity index is 0.00000182. The molecule has 0 bridgehead atoms. The van der Waals surface area contributed by atoms with Crippen LogP contribution in [-0.4, -0.2) is 68.1 Å². The van der Waals surface area contributed by atoms with Gasteiger partial charge >= 0.3 is 0 Å². The van der Waals surface area contributed by atoms with Crippen LogP contribution in [0.3, 0.4) is 0 Å². The molecule has 0 atom stereocenters. The molecular weight excluding hydrogens is 385 g/mol. The van der Waals surface area contributed by atoms with Crippen LogP contribution in [0.5, 0.6) is 5.75 Å². The summed E-state index contributed by atoms with van der Waals surface area (Å²) >= 11 is 0. The van der Waals surface area contributed by atoms with E-state index in [0.29, 0.717) is 12.5 Å². The number of carbonyl (C=O) groups excluding carboxylic acids is 1. The third-order valence-electron chi connectivity index (χ3n) is 5.37. The summed E-state index contributed by atoms with van der Waals surface area (Å²) in [5.41, 5.74) is 0. The van der Waals surface area contributed by atoms with Gasteiger partial charge < -0.3 is 15.0 Å². The minimum absolute atomic E-state index is 0. The van der Waals surface area contributed by atoms with Gasteiger partial charge in [0.15, 0.2) is 0 Å². The van der Waals surface area contributed by atoms with Crippen molar-refractivity contribution in [2.75, 3.05) is 52.4 Å². The zero-order valence-corrected chi connectivity index (χ0v) is 17.6. The van der Waals surface area contributed by atoms with Crippen molar-refractivity contribution >= 4 is 30.7 Å². The molecule has 2 saturated heterocycles. The second kappa shape index (κ2) is 13.2. The lowest BCUT2D eigenvalue weighted by molar-refractivity contribution is -0.133. The van der Waals surface area contributed by atoms with Crippen LogP contribution in [0, 0.1) is 5.92 Å². The molecule has 1 aromatic rings. The van der Waals surface area contributed by atoms with Crippen LogP contribution in [0.1, 0.15) is 25.7 Å². The van der Waals surface area contributed by atoms with Crippen molar-refractivity contribution in [3.05, 3.63) is 30.3 Å². The first-order chi connectivity index (χ1) is 12.3. The number of hydrogen-bond donors (Lipinski definition) is 1. The van der Waals surface area contributed by atoms with Gasteiger partial charge in [0.25, 0.3) is 0 Å². The topological polar surface area (TPSA) is 44.8 Å². The smallest absolute Gasteiger partial charge is 0.222 e. The molecule has 0 radical (unpaired) electrons. The lowest BCUT2D eigenvalue weighted by atomic mass is 9.93. The highest BCUT2D eigenvalue weighted by molar-refractivity contribution is 5.85. The Morgan fingerprint density at radius 2 is 1.70 bits per heavy atom. The van der Waals surface area contributed by atoms with Gasteiger partial charge in [0.05, 0.1) is 0 Å². The van der Waals surface area contributed by atoms with Gasteiger partial charge in [-0.1, -0.05) is 18.2 Å². The van der Waals surface area contributed by atoms with E-state index in [9.17, 15) is 4.79 Å². The molecule has 2 heterocycles. The van der Waals surface area contributed by atoms with Crippen molar-refractivity contribution in [2.24, 2.45) is 5.92 Å². The van der Waals surface area contributed by atoms with Crippen molar-refractivity contribution in [3.8, 4) is 5.75 Å². The highest BCUT2D eigenvalue weighted by Crippen LogP contribution is 2.18. The summed E-state index contributed by atoms with van der Waals surface area (Å²) in [7, 11) is 0. The van der Waals surface area contributed by atoms with Gasteiger partial charge in [-0.05, 0) is 50.4 Å². The number of piperidine rings is 1. The van der Waals surface area contributed by atoms with E-state index in [1.807, 2.05) is 30.3 Å². The number of carbonyl (C=O) groups is 1. The molecule has 154 valence electrons. The number of amides is 1. The second-order valence-corrected chi connectivity index (χ2v) is 7.12. The van der Waals surface area contributed by atoms with Gasteiger partial charge in [0.2, 0.25) is 5.91 Å². The second-order valence-electron chi connectivity index (χ2n) is 7.12. The number of para-hydroxylation sites is 1. The summed E-state index contributed by atoms with van der Waals surface area (Å²) in [5, 5.41) is 3.39. The Kier molecular flexibility index (Phi) is 11.8. The molecule has 7 heteroatoms. The molecule has 1 aromatic carbocycles. The van der Waals surface area contributed by atoms with Crippen molar-refractivity contribution in [3.63, 3.8) is 0 Å². The maximum Gasteiger partial charge on any atom is 0.222 e. The number of nitrogens with one attached hydrogen (secondary N) is 1. The van der Waals surface area contributed by atoms with Crippen molar-refractivity contribution in [2.45, 2.75) is 25.7 Å². The predicted octanol–water partition coefficient (Wildman–Crippen LogP) is 2.83. The number of ether oxygens (including phenoxy) is 1. The minimum Gasteiger partial charge on any atom is -0.492 e. The predicted molar refractivity (Wildman–Crippen MR) is 114 cm³/mol. The normalized spacial score (nSPS) is 18.3. The molecule has 5 nitrogen and oxygen atoms in total. The van der Waals surface area contributed by atoms with E-state index < -0.39 is 0 Å². The fraction of sp³-hybridized carbons (Fsp3) is 0.650. The Labute approximate surface area is 175 Å². The van der Waals surface area contributed by atoms with Gasteiger partial charge in [0.1, 0.15) is 12.4 Å². The molecule has 0 aliphatic carbocycles. The third-order valence-corrected chi connectivity index (χ3v) is 5.37. The van der Waals surface area contributed by atoms with Crippen LogP contribution in [0.25, 0.3) is 0 Å². The Morgan fingerprint density at radius 1 is 1.04 bits per heavy atom. The first kappa shape index (κ1) is 24.0. The van der Waals surface area contributed by atoms with Gasteiger partial charge in [0, 0.05) is 39.1 Å². The average molecular weight is 418 g/mol. The number of benzene rings is 1. The van der Waals surface area contributed by atoms with Crippen LogP contribution < -0.4 is 10.1 Å². The standard InChI is InChI=1S/C20H31N3O2.2ClH/c24-20(7-6-18-8-10-21-11-9-18)23-14-12-22(13-15-23)16-17-25-19-4-2-1-3-5-19;;/h1-5,18,21H,6-17H2;2*1H. The number of nitrogens with zero attached hydrogens (tertiary/aromatic N) is 2. The van der Waals surface area contributed by atoms with E-state index in [1.165, 1.54) is 12.8 Å². The van der Waals surface area contributed by atoms with E-state index >= 15 is 0 Å². The molecule has 0 saturated carbocycles.